The molecule has 0 spiro atoms. The van der Waals surface area contributed by atoms with Gasteiger partial charge in [0.15, 0.2) is 0 Å². The lowest BCUT2D eigenvalue weighted by atomic mass is 9.94. The number of rotatable bonds is 3. The topological polar surface area (TPSA) is 59.9 Å². The van der Waals surface area contributed by atoms with E-state index in [4.69, 9.17) is 5.26 Å². The van der Waals surface area contributed by atoms with E-state index in [0.717, 1.165) is 5.69 Å². The van der Waals surface area contributed by atoms with E-state index in [1.54, 1.807) is 25.8 Å². The van der Waals surface area contributed by atoms with Gasteiger partial charge in [0, 0.05) is 18.9 Å². The molecular formula is C11H15N3O. The molecule has 0 aliphatic heterocycles. The van der Waals surface area contributed by atoms with Crippen LogP contribution in [0.5, 0.6) is 0 Å². The van der Waals surface area contributed by atoms with Crippen LogP contribution in [-0.4, -0.2) is 22.8 Å². The molecule has 0 radical (unpaired) electrons. The van der Waals surface area contributed by atoms with Crippen molar-refractivity contribution in [1.29, 1.82) is 5.26 Å². The maximum absolute atomic E-state index is 11.8. The normalized spacial score (nSPS) is 10.8. The van der Waals surface area contributed by atoms with Gasteiger partial charge in [0.2, 0.25) is 5.91 Å². The number of carbonyl (C=O) groups is 1. The minimum Gasteiger partial charge on any atom is -0.364 e. The fourth-order valence-corrected chi connectivity index (χ4v) is 1.32. The van der Waals surface area contributed by atoms with Crippen LogP contribution in [0.25, 0.3) is 0 Å². The zero-order valence-electron chi connectivity index (χ0n) is 9.24. The average molecular weight is 205 g/mol. The Morgan fingerprint density at radius 3 is 2.80 bits per heavy atom. The molecule has 15 heavy (non-hydrogen) atoms. The van der Waals surface area contributed by atoms with Crippen molar-refractivity contribution in [2.75, 3.05) is 7.05 Å². The monoisotopic (exact) mass is 205 g/mol. The Bertz CT molecular complexity index is 373. The lowest BCUT2D eigenvalue weighted by Crippen LogP contribution is -2.37. The van der Waals surface area contributed by atoms with Crippen molar-refractivity contribution < 1.29 is 4.79 Å². The molecule has 4 heteroatoms. The van der Waals surface area contributed by atoms with Crippen molar-refractivity contribution in [3.8, 4) is 6.07 Å². The molecule has 0 atom stereocenters. The van der Waals surface area contributed by atoms with Gasteiger partial charge in [-0.1, -0.05) is 0 Å². The van der Waals surface area contributed by atoms with Crippen LogP contribution in [0.3, 0.4) is 0 Å². The van der Waals surface area contributed by atoms with E-state index in [1.165, 1.54) is 0 Å². The molecule has 1 rings (SSSR count). The third-order valence-corrected chi connectivity index (χ3v) is 2.23. The Labute approximate surface area is 89.5 Å². The van der Waals surface area contributed by atoms with E-state index >= 15 is 0 Å². The Kier molecular flexibility index (Phi) is 3.15. The summed E-state index contributed by atoms with van der Waals surface area (Å²) >= 11 is 0. The molecule has 0 bridgehead atoms. The Hall–Kier alpha value is -1.76. The first-order chi connectivity index (χ1) is 6.97. The minimum atomic E-state index is -0.957. The molecule has 0 saturated carbocycles. The van der Waals surface area contributed by atoms with Crippen molar-refractivity contribution in [2.45, 2.75) is 20.4 Å². The summed E-state index contributed by atoms with van der Waals surface area (Å²) in [5, 5.41) is 8.83. The van der Waals surface area contributed by atoms with Gasteiger partial charge in [-0.15, -0.1) is 0 Å². The molecule has 0 aliphatic carbocycles. The van der Waals surface area contributed by atoms with E-state index in [1.807, 2.05) is 24.4 Å². The molecule has 0 fully saturated rings. The maximum atomic E-state index is 11.8. The number of nitrogens with one attached hydrogen (secondary N) is 1. The van der Waals surface area contributed by atoms with Crippen LogP contribution in [0.2, 0.25) is 0 Å². The van der Waals surface area contributed by atoms with Gasteiger partial charge in [0.1, 0.15) is 5.41 Å². The third-order valence-electron chi connectivity index (χ3n) is 2.23. The predicted octanol–water partition coefficient (Wildman–Crippen LogP) is 1.52. The van der Waals surface area contributed by atoms with Crippen molar-refractivity contribution in [1.82, 2.24) is 9.88 Å². The van der Waals surface area contributed by atoms with Gasteiger partial charge in [-0.05, 0) is 26.0 Å². The van der Waals surface area contributed by atoms with Crippen LogP contribution in [-0.2, 0) is 11.3 Å². The highest BCUT2D eigenvalue weighted by molar-refractivity contribution is 5.84. The van der Waals surface area contributed by atoms with Gasteiger partial charge in [-0.25, -0.2) is 0 Å². The van der Waals surface area contributed by atoms with E-state index < -0.39 is 5.41 Å². The number of aromatic nitrogens is 1. The molecule has 1 aromatic rings. The van der Waals surface area contributed by atoms with E-state index in [2.05, 4.69) is 4.98 Å². The SMILES string of the molecule is CN(Cc1ccc[nH]1)C(=O)C(C)(C)C#N. The van der Waals surface area contributed by atoms with Gasteiger partial charge >= 0.3 is 0 Å². The Morgan fingerprint density at radius 2 is 2.33 bits per heavy atom. The molecule has 1 amide bonds. The number of hydrogen-bond acceptors (Lipinski definition) is 2. The van der Waals surface area contributed by atoms with Crippen LogP contribution in [0.4, 0.5) is 0 Å². The maximum Gasteiger partial charge on any atom is 0.242 e. The summed E-state index contributed by atoms with van der Waals surface area (Å²) in [6, 6.07) is 5.78. The molecule has 0 aromatic carbocycles. The molecule has 1 aromatic heterocycles. The molecule has 0 saturated heterocycles. The molecule has 1 N–H and O–H groups in total. The summed E-state index contributed by atoms with van der Waals surface area (Å²) in [6.07, 6.45) is 1.81. The van der Waals surface area contributed by atoms with Crippen LogP contribution < -0.4 is 0 Å². The summed E-state index contributed by atoms with van der Waals surface area (Å²) in [5.74, 6) is -0.167. The van der Waals surface area contributed by atoms with Crippen LogP contribution >= 0.6 is 0 Å². The summed E-state index contributed by atoms with van der Waals surface area (Å²) in [5.41, 5.74) is 0.000952. The minimum absolute atomic E-state index is 0.167. The first-order valence-electron chi connectivity index (χ1n) is 4.76. The van der Waals surface area contributed by atoms with Crippen LogP contribution in [0.1, 0.15) is 19.5 Å². The second kappa shape index (κ2) is 4.18. The summed E-state index contributed by atoms with van der Waals surface area (Å²) in [7, 11) is 1.70. The van der Waals surface area contributed by atoms with Crippen molar-refractivity contribution in [3.63, 3.8) is 0 Å². The highest BCUT2D eigenvalue weighted by Gasteiger charge is 2.30. The van der Waals surface area contributed by atoms with Gasteiger partial charge in [-0.3, -0.25) is 4.79 Å². The highest BCUT2D eigenvalue weighted by Crippen LogP contribution is 2.17. The number of amides is 1. The standard InChI is InChI=1S/C11H15N3O/c1-11(2,8-12)10(15)14(3)7-9-5-4-6-13-9/h4-6,13H,7H2,1-3H3. The molecule has 0 unspecified atom stereocenters. The molecule has 0 aliphatic rings. The van der Waals surface area contributed by atoms with E-state index in [9.17, 15) is 4.79 Å². The van der Waals surface area contributed by atoms with Crippen molar-refractivity contribution >= 4 is 5.91 Å². The average Bonchev–Trinajstić information content (AvgIpc) is 2.69. The zero-order valence-corrected chi connectivity index (χ0v) is 9.24. The quantitative estimate of drug-likeness (QED) is 0.813. The van der Waals surface area contributed by atoms with E-state index in [-0.39, 0.29) is 5.91 Å². The van der Waals surface area contributed by atoms with Crippen molar-refractivity contribution in [3.05, 3.63) is 24.0 Å². The lowest BCUT2D eigenvalue weighted by Gasteiger charge is -2.23. The first kappa shape index (κ1) is 11.3. The van der Waals surface area contributed by atoms with Gasteiger partial charge in [0.25, 0.3) is 0 Å². The zero-order chi connectivity index (χ0) is 11.5. The summed E-state index contributed by atoms with van der Waals surface area (Å²) in [6.45, 7) is 3.75. The van der Waals surface area contributed by atoms with Gasteiger partial charge in [0.05, 0.1) is 12.6 Å². The number of carbonyl (C=O) groups excluding carboxylic acids is 1. The second-order valence-electron chi connectivity index (χ2n) is 4.09. The number of nitrogens with zero attached hydrogens (tertiary/aromatic N) is 2. The second-order valence-corrected chi connectivity index (χ2v) is 4.09. The lowest BCUT2D eigenvalue weighted by molar-refractivity contribution is -0.136. The molecule has 1 heterocycles. The first-order valence-corrected chi connectivity index (χ1v) is 4.76. The van der Waals surface area contributed by atoms with Gasteiger partial charge < -0.3 is 9.88 Å². The van der Waals surface area contributed by atoms with Crippen LogP contribution in [0, 0.1) is 16.7 Å². The Morgan fingerprint density at radius 1 is 1.67 bits per heavy atom. The van der Waals surface area contributed by atoms with Crippen LogP contribution in [0.15, 0.2) is 18.3 Å². The number of aromatic amines is 1. The highest BCUT2D eigenvalue weighted by atomic mass is 16.2. The number of hydrogen-bond donors (Lipinski definition) is 1. The fraction of sp³-hybridized carbons (Fsp3) is 0.455. The molecule has 4 nitrogen and oxygen atoms in total. The summed E-state index contributed by atoms with van der Waals surface area (Å²) in [4.78, 5) is 16.4. The number of H-pyrrole nitrogens is 1. The largest absolute Gasteiger partial charge is 0.364 e. The van der Waals surface area contributed by atoms with Gasteiger partial charge in [-0.2, -0.15) is 5.26 Å². The van der Waals surface area contributed by atoms with Crippen molar-refractivity contribution in [2.24, 2.45) is 5.41 Å². The molecular weight excluding hydrogens is 190 g/mol. The summed E-state index contributed by atoms with van der Waals surface area (Å²) < 4.78 is 0. The predicted molar refractivity (Wildman–Crippen MR) is 56.7 cm³/mol. The van der Waals surface area contributed by atoms with E-state index in [0.29, 0.717) is 6.54 Å². The fourth-order valence-electron chi connectivity index (χ4n) is 1.32. The molecule has 80 valence electrons. The number of nitriles is 1. The smallest absolute Gasteiger partial charge is 0.242 e. The third kappa shape index (κ3) is 2.59. The Balaban J connectivity index is 2.67.